The second-order valence-corrected chi connectivity index (χ2v) is 8.01. The van der Waals surface area contributed by atoms with E-state index in [4.69, 9.17) is 16.3 Å². The predicted molar refractivity (Wildman–Crippen MR) is 106 cm³/mol. The van der Waals surface area contributed by atoms with Crippen molar-refractivity contribution < 1.29 is 14.3 Å². The Morgan fingerprint density at radius 1 is 1.19 bits per heavy atom. The predicted octanol–water partition coefficient (Wildman–Crippen LogP) is 4.16. The van der Waals surface area contributed by atoms with Gasteiger partial charge in [-0.1, -0.05) is 11.6 Å². The molecule has 0 aromatic heterocycles. The summed E-state index contributed by atoms with van der Waals surface area (Å²) in [6.07, 6.45) is 3.67. The van der Waals surface area contributed by atoms with Crippen molar-refractivity contribution in [3.05, 3.63) is 34.3 Å². The van der Waals surface area contributed by atoms with Crippen molar-refractivity contribution in [1.29, 1.82) is 0 Å². The minimum atomic E-state index is -0.208. The van der Waals surface area contributed by atoms with Crippen molar-refractivity contribution in [3.8, 4) is 0 Å². The first-order valence-corrected chi connectivity index (χ1v) is 10.3. The number of piperidine rings is 2. The van der Waals surface area contributed by atoms with Crippen LogP contribution in [0.3, 0.4) is 0 Å². The van der Waals surface area contributed by atoms with Gasteiger partial charge in [0.1, 0.15) is 0 Å². The highest BCUT2D eigenvalue weighted by Crippen LogP contribution is 2.27. The quantitative estimate of drug-likeness (QED) is 0.722. The Balaban J connectivity index is 1.58. The Bertz CT molecular complexity index is 686. The molecule has 0 unspecified atom stereocenters. The van der Waals surface area contributed by atoms with Crippen LogP contribution in [0.5, 0.6) is 0 Å². The van der Waals surface area contributed by atoms with Gasteiger partial charge in [0.2, 0.25) is 0 Å². The molecule has 1 amide bonds. The zero-order valence-corrected chi connectivity index (χ0v) is 17.0. The lowest BCUT2D eigenvalue weighted by molar-refractivity contribution is 0.0532. The molecular weight excluding hydrogens is 364 g/mol. The number of amides is 1. The summed E-state index contributed by atoms with van der Waals surface area (Å²) in [5.74, 6) is 0.277. The van der Waals surface area contributed by atoms with Crippen LogP contribution >= 0.6 is 11.6 Å². The maximum absolute atomic E-state index is 13.0. The molecule has 6 heteroatoms. The Hall–Kier alpha value is -1.59. The van der Waals surface area contributed by atoms with E-state index in [9.17, 15) is 9.59 Å². The lowest BCUT2D eigenvalue weighted by Gasteiger charge is -2.41. The highest BCUT2D eigenvalue weighted by atomic mass is 35.5. The van der Waals surface area contributed by atoms with Gasteiger partial charge < -0.3 is 9.64 Å². The van der Waals surface area contributed by atoms with Crippen molar-refractivity contribution in [3.63, 3.8) is 0 Å². The van der Waals surface area contributed by atoms with Crippen LogP contribution in [0, 0.1) is 12.8 Å². The molecular formula is C21H29ClN2O3. The summed E-state index contributed by atoms with van der Waals surface area (Å²) in [6, 6.07) is 5.96. The lowest BCUT2D eigenvalue weighted by Crippen LogP contribution is -2.50. The monoisotopic (exact) mass is 392 g/mol. The molecule has 2 aliphatic heterocycles. The SMILES string of the molecule is CCOC(=O)N1CCC(N2CCC[C@H](C(=O)c3ccc(Cl)cc3C)C2)CC1. The largest absolute Gasteiger partial charge is 0.450 e. The highest BCUT2D eigenvalue weighted by molar-refractivity contribution is 6.30. The zero-order chi connectivity index (χ0) is 19.4. The first-order chi connectivity index (χ1) is 13.0. The molecule has 0 spiro atoms. The number of hydrogen-bond acceptors (Lipinski definition) is 4. The van der Waals surface area contributed by atoms with Gasteiger partial charge in [-0.15, -0.1) is 0 Å². The van der Waals surface area contributed by atoms with Crippen LogP contribution < -0.4 is 0 Å². The van der Waals surface area contributed by atoms with Gasteiger partial charge in [0.15, 0.2) is 5.78 Å². The summed E-state index contributed by atoms with van der Waals surface area (Å²) in [4.78, 5) is 29.2. The number of carbonyl (C=O) groups is 2. The van der Waals surface area contributed by atoms with Crippen LogP contribution in [0.1, 0.15) is 48.5 Å². The Labute approximate surface area is 166 Å². The van der Waals surface area contributed by atoms with E-state index < -0.39 is 0 Å². The maximum Gasteiger partial charge on any atom is 0.409 e. The molecule has 1 aromatic carbocycles. The zero-order valence-electron chi connectivity index (χ0n) is 16.2. The van der Waals surface area contributed by atoms with Gasteiger partial charge in [-0.2, -0.15) is 0 Å². The van der Waals surface area contributed by atoms with E-state index in [1.807, 2.05) is 26.0 Å². The molecule has 2 saturated heterocycles. The smallest absolute Gasteiger partial charge is 0.409 e. The van der Waals surface area contributed by atoms with Crippen molar-refractivity contribution in [1.82, 2.24) is 9.80 Å². The number of ether oxygens (including phenoxy) is 1. The lowest BCUT2D eigenvalue weighted by atomic mass is 9.87. The summed E-state index contributed by atoms with van der Waals surface area (Å²) < 4.78 is 5.10. The molecule has 2 fully saturated rings. The molecule has 2 heterocycles. The summed E-state index contributed by atoms with van der Waals surface area (Å²) >= 11 is 6.03. The number of hydrogen-bond donors (Lipinski definition) is 0. The number of ketones is 1. The fourth-order valence-corrected chi connectivity index (χ4v) is 4.53. The van der Waals surface area contributed by atoms with E-state index in [1.165, 1.54) is 0 Å². The molecule has 5 nitrogen and oxygen atoms in total. The summed E-state index contributed by atoms with van der Waals surface area (Å²) in [7, 11) is 0. The number of nitrogens with zero attached hydrogens (tertiary/aromatic N) is 2. The number of benzene rings is 1. The van der Waals surface area contributed by atoms with Gasteiger partial charge >= 0.3 is 6.09 Å². The number of halogens is 1. The van der Waals surface area contributed by atoms with Gasteiger partial charge in [-0.25, -0.2) is 4.79 Å². The molecule has 1 atom stereocenters. The average Bonchev–Trinajstić information content (AvgIpc) is 2.68. The third kappa shape index (κ3) is 4.82. The van der Waals surface area contributed by atoms with Gasteiger partial charge in [0.05, 0.1) is 6.61 Å². The van der Waals surface area contributed by atoms with E-state index in [1.54, 1.807) is 11.0 Å². The topological polar surface area (TPSA) is 49.9 Å². The van der Waals surface area contributed by atoms with Gasteiger partial charge in [0, 0.05) is 42.2 Å². The van der Waals surface area contributed by atoms with Crippen molar-refractivity contribution in [2.24, 2.45) is 5.92 Å². The van der Waals surface area contributed by atoms with Crippen LogP contribution in [0.15, 0.2) is 18.2 Å². The second-order valence-electron chi connectivity index (χ2n) is 7.57. The first-order valence-electron chi connectivity index (χ1n) is 9.95. The number of Topliss-reactive ketones (excluding diaryl/α,β-unsaturated/α-hetero) is 1. The molecule has 0 bridgehead atoms. The maximum atomic E-state index is 13.0. The van der Waals surface area contributed by atoms with Crippen LogP contribution in [-0.2, 0) is 4.74 Å². The van der Waals surface area contributed by atoms with Gasteiger partial charge in [-0.3, -0.25) is 9.69 Å². The number of aryl methyl sites for hydroxylation is 1. The first kappa shape index (κ1) is 20.2. The normalized spacial score (nSPS) is 21.9. The van der Waals surface area contributed by atoms with Crippen LogP contribution in [0.2, 0.25) is 5.02 Å². The second kappa shape index (κ2) is 9.07. The van der Waals surface area contributed by atoms with Crippen LogP contribution in [0.4, 0.5) is 4.79 Å². The molecule has 0 saturated carbocycles. The van der Waals surface area contributed by atoms with Crippen molar-refractivity contribution >= 4 is 23.5 Å². The third-order valence-electron chi connectivity index (χ3n) is 5.78. The molecule has 27 heavy (non-hydrogen) atoms. The Kier molecular flexibility index (Phi) is 6.77. The fourth-order valence-electron chi connectivity index (χ4n) is 4.30. The summed E-state index contributed by atoms with van der Waals surface area (Å²) in [6.45, 7) is 7.50. The highest BCUT2D eigenvalue weighted by Gasteiger charge is 2.33. The minimum Gasteiger partial charge on any atom is -0.450 e. The molecule has 1 aromatic rings. The number of carbonyl (C=O) groups excluding carboxylic acids is 2. The average molecular weight is 393 g/mol. The Morgan fingerprint density at radius 3 is 2.59 bits per heavy atom. The Morgan fingerprint density at radius 2 is 1.93 bits per heavy atom. The molecule has 0 radical (unpaired) electrons. The molecule has 0 N–H and O–H groups in total. The standard InChI is InChI=1S/C21H29ClN2O3/c1-3-27-21(26)23-11-8-18(9-12-23)24-10-4-5-16(14-24)20(25)19-7-6-17(22)13-15(19)2/h6-7,13,16,18H,3-5,8-12,14H2,1-2H3/t16-/m0/s1. The van der Waals surface area contributed by atoms with Crippen LogP contribution in [0.25, 0.3) is 0 Å². The van der Waals surface area contributed by atoms with E-state index in [-0.39, 0.29) is 17.8 Å². The van der Waals surface area contributed by atoms with Crippen molar-refractivity contribution in [2.45, 2.75) is 45.6 Å². The minimum absolute atomic E-state index is 0.0433. The molecule has 148 valence electrons. The van der Waals surface area contributed by atoms with Gasteiger partial charge in [0.25, 0.3) is 0 Å². The summed E-state index contributed by atoms with van der Waals surface area (Å²) in [5, 5.41) is 0.669. The van der Waals surface area contributed by atoms with E-state index in [0.717, 1.165) is 63.0 Å². The van der Waals surface area contributed by atoms with Crippen LogP contribution in [-0.4, -0.2) is 60.5 Å². The number of rotatable bonds is 4. The molecule has 2 aliphatic rings. The van der Waals surface area contributed by atoms with E-state index in [0.29, 0.717) is 17.7 Å². The van der Waals surface area contributed by atoms with E-state index >= 15 is 0 Å². The third-order valence-corrected chi connectivity index (χ3v) is 6.02. The number of likely N-dealkylation sites (tertiary alicyclic amines) is 2. The van der Waals surface area contributed by atoms with Gasteiger partial charge in [-0.05, 0) is 69.8 Å². The summed E-state index contributed by atoms with van der Waals surface area (Å²) in [5.41, 5.74) is 1.75. The van der Waals surface area contributed by atoms with E-state index in [2.05, 4.69) is 4.90 Å². The molecule has 3 rings (SSSR count). The molecule has 0 aliphatic carbocycles. The fraction of sp³-hybridized carbons (Fsp3) is 0.619. The van der Waals surface area contributed by atoms with Crippen molar-refractivity contribution in [2.75, 3.05) is 32.8 Å².